The number of hydrogen-bond donors (Lipinski definition) is 1. The van der Waals surface area contributed by atoms with Crippen molar-refractivity contribution in [1.82, 2.24) is 29.4 Å². The zero-order chi connectivity index (χ0) is 32.1. The summed E-state index contributed by atoms with van der Waals surface area (Å²) in [6.07, 6.45) is 1.26. The Balaban J connectivity index is 1.73. The number of carbonyl (C=O) groups is 1. The number of amides is 1. The topological polar surface area (TPSA) is 132 Å². The van der Waals surface area contributed by atoms with Gasteiger partial charge in [0.15, 0.2) is 11.5 Å². The lowest BCUT2D eigenvalue weighted by molar-refractivity contribution is 0.0218. The quantitative estimate of drug-likeness (QED) is 0.314. The van der Waals surface area contributed by atoms with Crippen molar-refractivity contribution in [2.45, 2.75) is 66.0 Å². The Morgan fingerprint density at radius 3 is 2.52 bits per heavy atom. The third kappa shape index (κ3) is 5.90. The molecule has 1 atom stereocenters. The first-order chi connectivity index (χ1) is 20.7. The summed E-state index contributed by atoms with van der Waals surface area (Å²) in [7, 11) is 0. The van der Waals surface area contributed by atoms with Gasteiger partial charge in [0.25, 0.3) is 0 Å². The summed E-state index contributed by atoms with van der Waals surface area (Å²) in [5.41, 5.74) is 6.68. The van der Waals surface area contributed by atoms with Gasteiger partial charge in [-0.05, 0) is 70.4 Å². The van der Waals surface area contributed by atoms with Gasteiger partial charge >= 0.3 is 11.8 Å². The molecule has 1 aliphatic rings. The molecule has 1 aliphatic heterocycles. The maximum atomic E-state index is 16.0. The molecule has 0 radical (unpaired) electrons. The molecule has 4 aromatic heterocycles. The molecule has 13 heteroatoms. The van der Waals surface area contributed by atoms with Crippen molar-refractivity contribution < 1.29 is 13.9 Å². The van der Waals surface area contributed by atoms with Gasteiger partial charge in [-0.2, -0.15) is 4.98 Å². The number of anilines is 2. The van der Waals surface area contributed by atoms with Gasteiger partial charge in [-0.3, -0.25) is 4.98 Å². The van der Waals surface area contributed by atoms with Crippen LogP contribution in [0, 0.1) is 12.7 Å². The predicted molar refractivity (Wildman–Crippen MR) is 169 cm³/mol. The first-order valence-electron chi connectivity index (χ1n) is 14.4. The molecule has 0 bridgehead atoms. The average molecular weight is 623 g/mol. The van der Waals surface area contributed by atoms with Crippen LogP contribution in [0.5, 0.6) is 0 Å². The summed E-state index contributed by atoms with van der Waals surface area (Å²) in [4.78, 5) is 48.3. The molecule has 0 aliphatic carbocycles. The molecular weight excluding hydrogens is 587 g/mol. The van der Waals surface area contributed by atoms with Crippen LogP contribution in [0.1, 0.15) is 58.7 Å². The first kappa shape index (κ1) is 31.1. The molecule has 1 amide bonds. The van der Waals surface area contributed by atoms with E-state index >= 15 is 4.39 Å². The lowest BCUT2D eigenvalue weighted by Gasteiger charge is -2.41. The fourth-order valence-corrected chi connectivity index (χ4v) is 5.56. The number of nitrogen functional groups attached to an aromatic ring is 1. The van der Waals surface area contributed by atoms with Crippen molar-refractivity contribution in [2.75, 3.05) is 30.3 Å². The van der Waals surface area contributed by atoms with Gasteiger partial charge in [-0.15, -0.1) is 0 Å². The Labute approximate surface area is 259 Å². The molecule has 0 spiro atoms. The second-order valence-corrected chi connectivity index (χ2v) is 12.7. The Hall–Kier alpha value is -4.32. The van der Waals surface area contributed by atoms with Crippen molar-refractivity contribution in [3.63, 3.8) is 0 Å². The second kappa shape index (κ2) is 11.6. The molecule has 5 heterocycles. The minimum Gasteiger partial charge on any atom is -0.444 e. The Morgan fingerprint density at radius 1 is 1.14 bits per heavy atom. The van der Waals surface area contributed by atoms with Crippen molar-refractivity contribution in [3.8, 4) is 17.1 Å². The van der Waals surface area contributed by atoms with E-state index in [1.807, 2.05) is 53.4 Å². The average Bonchev–Trinajstić information content (AvgIpc) is 2.93. The molecular formula is C31H36ClFN8O3. The van der Waals surface area contributed by atoms with E-state index in [0.29, 0.717) is 36.4 Å². The van der Waals surface area contributed by atoms with Crippen LogP contribution in [0.15, 0.2) is 35.3 Å². The summed E-state index contributed by atoms with van der Waals surface area (Å²) >= 11 is 6.42. The first-order valence-corrected chi connectivity index (χ1v) is 14.8. The SMILES string of the molecule is Cc1ccnc(C(C)C)c1-n1c(=O)nc(N2CCN(C(=O)OC(C)(C)C)C[C@@H]2C)c2cc(F)c(-c3nc(N)ccc3Cl)nc21. The number of hydrogen-bond acceptors (Lipinski definition) is 9. The number of fused-ring (bicyclic) bond motifs is 1. The fraction of sp³-hybridized carbons (Fsp3) is 0.419. The Morgan fingerprint density at radius 2 is 1.86 bits per heavy atom. The van der Waals surface area contributed by atoms with E-state index in [-0.39, 0.29) is 45.7 Å². The van der Waals surface area contributed by atoms with Gasteiger partial charge < -0.3 is 20.3 Å². The maximum absolute atomic E-state index is 16.0. The lowest BCUT2D eigenvalue weighted by Crippen LogP contribution is -2.55. The van der Waals surface area contributed by atoms with E-state index in [2.05, 4.69) is 15.0 Å². The highest BCUT2D eigenvalue weighted by atomic mass is 35.5. The maximum Gasteiger partial charge on any atom is 0.410 e. The number of halogens is 2. The van der Waals surface area contributed by atoms with Gasteiger partial charge in [0.05, 0.1) is 21.8 Å². The van der Waals surface area contributed by atoms with E-state index in [1.165, 1.54) is 22.8 Å². The fourth-order valence-electron chi connectivity index (χ4n) is 5.36. The molecule has 1 fully saturated rings. The summed E-state index contributed by atoms with van der Waals surface area (Å²) in [6, 6.07) is 5.84. The highest BCUT2D eigenvalue weighted by molar-refractivity contribution is 6.33. The van der Waals surface area contributed by atoms with Crippen LogP contribution in [0.4, 0.5) is 20.8 Å². The number of nitrogens with two attached hydrogens (primary N) is 1. The minimum absolute atomic E-state index is 0.0440. The number of pyridine rings is 3. The van der Waals surface area contributed by atoms with E-state index in [4.69, 9.17) is 27.1 Å². The molecule has 1 saturated heterocycles. The Bertz CT molecular complexity index is 1820. The second-order valence-electron chi connectivity index (χ2n) is 12.3. The van der Waals surface area contributed by atoms with E-state index in [0.717, 1.165) is 5.56 Å². The summed E-state index contributed by atoms with van der Waals surface area (Å²) in [5.74, 6) is -0.356. The molecule has 2 N–H and O–H groups in total. The van der Waals surface area contributed by atoms with Crippen LogP contribution < -0.4 is 16.3 Å². The van der Waals surface area contributed by atoms with Crippen molar-refractivity contribution in [1.29, 1.82) is 0 Å². The Kier molecular flexibility index (Phi) is 8.23. The summed E-state index contributed by atoms with van der Waals surface area (Å²) in [5, 5.41) is 0.460. The largest absolute Gasteiger partial charge is 0.444 e. The van der Waals surface area contributed by atoms with Crippen molar-refractivity contribution in [2.24, 2.45) is 0 Å². The molecule has 44 heavy (non-hydrogen) atoms. The number of aromatic nitrogens is 5. The van der Waals surface area contributed by atoms with Crippen molar-refractivity contribution in [3.05, 3.63) is 63.0 Å². The third-order valence-electron chi connectivity index (χ3n) is 7.37. The van der Waals surface area contributed by atoms with Crippen LogP contribution in [-0.2, 0) is 4.74 Å². The van der Waals surface area contributed by atoms with E-state index in [1.54, 1.807) is 17.2 Å². The predicted octanol–water partition coefficient (Wildman–Crippen LogP) is 5.49. The summed E-state index contributed by atoms with van der Waals surface area (Å²) < 4.78 is 22.9. The molecule has 0 aromatic carbocycles. The molecule has 11 nitrogen and oxygen atoms in total. The van der Waals surface area contributed by atoms with Crippen LogP contribution in [-0.4, -0.2) is 66.8 Å². The van der Waals surface area contributed by atoms with Gasteiger partial charge in [-0.1, -0.05) is 25.4 Å². The molecule has 0 unspecified atom stereocenters. The van der Waals surface area contributed by atoms with E-state index in [9.17, 15) is 9.59 Å². The number of carbonyl (C=O) groups excluding carboxylic acids is 1. The number of nitrogens with zero attached hydrogens (tertiary/aromatic N) is 7. The van der Waals surface area contributed by atoms with Crippen LogP contribution in [0.25, 0.3) is 28.1 Å². The minimum atomic E-state index is -0.710. The monoisotopic (exact) mass is 622 g/mol. The third-order valence-corrected chi connectivity index (χ3v) is 7.67. The van der Waals surface area contributed by atoms with Crippen molar-refractivity contribution >= 4 is 40.4 Å². The molecule has 5 rings (SSSR count). The number of rotatable bonds is 4. The molecule has 232 valence electrons. The number of ether oxygens (including phenoxy) is 1. The summed E-state index contributed by atoms with van der Waals surface area (Å²) in [6.45, 7) is 14.1. The van der Waals surface area contributed by atoms with Crippen LogP contribution in [0.2, 0.25) is 5.02 Å². The highest BCUT2D eigenvalue weighted by Crippen LogP contribution is 2.35. The van der Waals surface area contributed by atoms with Gasteiger partial charge in [0.1, 0.15) is 28.6 Å². The number of piperazine rings is 1. The van der Waals surface area contributed by atoms with Gasteiger partial charge in [0.2, 0.25) is 0 Å². The van der Waals surface area contributed by atoms with E-state index < -0.39 is 23.2 Å². The molecule has 4 aromatic rings. The smallest absolute Gasteiger partial charge is 0.410 e. The standard InChI is InChI=1S/C31H36ClFN8O3/c1-16(2)23-26(17(3)10-11-35-23)41-28-19(14-21(33)25(37-28)24-20(32)8-9-22(34)36-24)27(38-29(41)42)40-13-12-39(15-18(40)4)30(43)44-31(5,6)7/h8-11,14,16,18H,12-13,15H2,1-7H3,(H2,34,36)/t18-/m0/s1. The highest BCUT2D eigenvalue weighted by Gasteiger charge is 2.33. The number of aryl methyl sites for hydroxylation is 1. The van der Waals surface area contributed by atoms with Crippen LogP contribution in [0.3, 0.4) is 0 Å². The molecule has 0 saturated carbocycles. The zero-order valence-electron chi connectivity index (χ0n) is 25.9. The normalized spacial score (nSPS) is 15.7. The van der Waals surface area contributed by atoms with Crippen LogP contribution >= 0.6 is 11.6 Å². The zero-order valence-corrected chi connectivity index (χ0v) is 26.6. The van der Waals surface area contributed by atoms with Gasteiger partial charge in [0, 0.05) is 31.9 Å². The van der Waals surface area contributed by atoms with Gasteiger partial charge in [-0.25, -0.2) is 28.5 Å². The lowest BCUT2D eigenvalue weighted by atomic mass is 10.0.